The summed E-state index contributed by atoms with van der Waals surface area (Å²) in [5, 5.41) is 8.73. The summed E-state index contributed by atoms with van der Waals surface area (Å²) in [4.78, 5) is 12.9. The summed E-state index contributed by atoms with van der Waals surface area (Å²) in [6.45, 7) is 2.64. The van der Waals surface area contributed by atoms with Gasteiger partial charge < -0.3 is 15.7 Å². The summed E-state index contributed by atoms with van der Waals surface area (Å²) in [7, 11) is 2.10. The number of nitrogens with two attached hydrogens (primary N) is 1. The zero-order chi connectivity index (χ0) is 10.6. The molecule has 1 atom stereocenters. The van der Waals surface area contributed by atoms with E-state index in [9.17, 15) is 4.79 Å². The first-order chi connectivity index (χ1) is 6.63. The van der Waals surface area contributed by atoms with E-state index < -0.39 is 5.97 Å². The van der Waals surface area contributed by atoms with Gasteiger partial charge in [0.2, 0.25) is 0 Å². The lowest BCUT2D eigenvalue weighted by molar-refractivity contribution is -0.138. The lowest BCUT2D eigenvalue weighted by Crippen LogP contribution is -2.36. The Morgan fingerprint density at radius 1 is 1.57 bits per heavy atom. The van der Waals surface area contributed by atoms with Gasteiger partial charge in [0.25, 0.3) is 0 Å². The molecule has 4 nitrogen and oxygen atoms in total. The van der Waals surface area contributed by atoms with E-state index in [1.807, 2.05) is 0 Å². The number of hydrogen-bond donors (Lipinski definition) is 2. The first kappa shape index (κ1) is 11.5. The van der Waals surface area contributed by atoms with Gasteiger partial charge >= 0.3 is 5.97 Å². The fraction of sp³-hybridized carbons (Fsp3) is 0.900. The number of carbonyl (C=O) groups is 1. The largest absolute Gasteiger partial charge is 0.481 e. The maximum absolute atomic E-state index is 10.6. The minimum absolute atomic E-state index is 0.168. The third kappa shape index (κ3) is 3.27. The molecular weight excluding hydrogens is 180 g/mol. The summed E-state index contributed by atoms with van der Waals surface area (Å²) < 4.78 is 0. The number of aliphatic carboxylic acids is 1. The van der Waals surface area contributed by atoms with Crippen LogP contribution in [0, 0.1) is 11.8 Å². The van der Waals surface area contributed by atoms with Crippen LogP contribution in [0.5, 0.6) is 0 Å². The monoisotopic (exact) mass is 200 g/mol. The lowest BCUT2D eigenvalue weighted by Gasteiger charge is -2.33. The summed E-state index contributed by atoms with van der Waals surface area (Å²) in [6.07, 6.45) is 2.40. The molecule has 0 bridgehead atoms. The Morgan fingerprint density at radius 3 is 2.57 bits per heavy atom. The standard InChI is InChI=1S/C10H20N2O2/c1-12-4-2-8(3-5-12)9(7-11)6-10(13)14/h8-9H,2-7,11H2,1H3,(H,13,14). The van der Waals surface area contributed by atoms with Crippen molar-refractivity contribution < 1.29 is 9.90 Å². The van der Waals surface area contributed by atoms with Crippen LogP contribution in [0.4, 0.5) is 0 Å². The maximum atomic E-state index is 10.6. The number of carboxylic acid groups (broad SMARTS) is 1. The van der Waals surface area contributed by atoms with E-state index in [-0.39, 0.29) is 12.3 Å². The first-order valence-corrected chi connectivity index (χ1v) is 5.24. The SMILES string of the molecule is CN1CCC(C(CN)CC(=O)O)CC1. The topological polar surface area (TPSA) is 66.6 Å². The Hall–Kier alpha value is -0.610. The van der Waals surface area contributed by atoms with Crippen LogP contribution in [0.2, 0.25) is 0 Å². The number of rotatable bonds is 4. The van der Waals surface area contributed by atoms with Gasteiger partial charge in [-0.3, -0.25) is 4.79 Å². The van der Waals surface area contributed by atoms with Gasteiger partial charge in [-0.1, -0.05) is 0 Å². The third-order valence-electron chi connectivity index (χ3n) is 3.17. The molecule has 1 aliphatic rings. The number of likely N-dealkylation sites (tertiary alicyclic amines) is 1. The summed E-state index contributed by atoms with van der Waals surface area (Å²) in [5.41, 5.74) is 5.61. The molecule has 0 amide bonds. The summed E-state index contributed by atoms with van der Waals surface area (Å²) in [5.74, 6) is -0.0483. The molecule has 1 aliphatic heterocycles. The van der Waals surface area contributed by atoms with Crippen molar-refractivity contribution in [2.45, 2.75) is 19.3 Å². The molecule has 4 heteroatoms. The Morgan fingerprint density at radius 2 is 2.14 bits per heavy atom. The molecule has 0 radical (unpaired) electrons. The van der Waals surface area contributed by atoms with Crippen LogP contribution < -0.4 is 5.73 Å². The van der Waals surface area contributed by atoms with E-state index in [1.165, 1.54) is 0 Å². The van der Waals surface area contributed by atoms with Crippen molar-refractivity contribution in [1.82, 2.24) is 4.90 Å². The number of piperidine rings is 1. The van der Waals surface area contributed by atoms with Crippen LogP contribution >= 0.6 is 0 Å². The van der Waals surface area contributed by atoms with E-state index in [0.717, 1.165) is 25.9 Å². The molecule has 1 heterocycles. The lowest BCUT2D eigenvalue weighted by atomic mass is 9.82. The van der Waals surface area contributed by atoms with Gasteiger partial charge in [-0.05, 0) is 51.4 Å². The van der Waals surface area contributed by atoms with Gasteiger partial charge in [-0.15, -0.1) is 0 Å². The highest BCUT2D eigenvalue weighted by Crippen LogP contribution is 2.26. The van der Waals surface area contributed by atoms with Gasteiger partial charge in [-0.25, -0.2) is 0 Å². The molecule has 1 saturated heterocycles. The van der Waals surface area contributed by atoms with E-state index in [2.05, 4.69) is 11.9 Å². The molecule has 1 rings (SSSR count). The molecule has 0 saturated carbocycles. The van der Waals surface area contributed by atoms with Crippen molar-refractivity contribution in [1.29, 1.82) is 0 Å². The second kappa shape index (κ2) is 5.32. The molecule has 1 unspecified atom stereocenters. The highest BCUT2D eigenvalue weighted by atomic mass is 16.4. The van der Waals surface area contributed by atoms with Crippen molar-refractivity contribution in [3.05, 3.63) is 0 Å². The van der Waals surface area contributed by atoms with E-state index >= 15 is 0 Å². The average molecular weight is 200 g/mol. The fourth-order valence-electron chi connectivity index (χ4n) is 2.17. The Kier molecular flexibility index (Phi) is 4.35. The normalized spacial score (nSPS) is 22.1. The molecule has 82 valence electrons. The fourth-order valence-corrected chi connectivity index (χ4v) is 2.17. The number of carboxylic acids is 1. The highest BCUT2D eigenvalue weighted by Gasteiger charge is 2.25. The molecule has 14 heavy (non-hydrogen) atoms. The van der Waals surface area contributed by atoms with Crippen LogP contribution in [-0.4, -0.2) is 42.7 Å². The second-order valence-corrected chi connectivity index (χ2v) is 4.23. The van der Waals surface area contributed by atoms with Crippen LogP contribution in [0.1, 0.15) is 19.3 Å². The van der Waals surface area contributed by atoms with E-state index in [1.54, 1.807) is 0 Å². The molecule has 0 spiro atoms. The van der Waals surface area contributed by atoms with Gasteiger partial charge in [0.15, 0.2) is 0 Å². The van der Waals surface area contributed by atoms with E-state index in [0.29, 0.717) is 12.5 Å². The van der Waals surface area contributed by atoms with Gasteiger partial charge in [-0.2, -0.15) is 0 Å². The third-order valence-corrected chi connectivity index (χ3v) is 3.17. The Bertz CT molecular complexity index is 189. The first-order valence-electron chi connectivity index (χ1n) is 5.24. The molecular formula is C10H20N2O2. The summed E-state index contributed by atoms with van der Waals surface area (Å²) >= 11 is 0. The van der Waals surface area contributed by atoms with Crippen LogP contribution in [0.25, 0.3) is 0 Å². The molecule has 0 aliphatic carbocycles. The molecule has 0 aromatic rings. The quantitative estimate of drug-likeness (QED) is 0.688. The van der Waals surface area contributed by atoms with Crippen LogP contribution in [0.15, 0.2) is 0 Å². The van der Waals surface area contributed by atoms with E-state index in [4.69, 9.17) is 10.8 Å². The Balaban J connectivity index is 2.40. The van der Waals surface area contributed by atoms with Gasteiger partial charge in [0.1, 0.15) is 0 Å². The predicted molar refractivity (Wildman–Crippen MR) is 55.0 cm³/mol. The van der Waals surface area contributed by atoms with Crippen molar-refractivity contribution in [2.75, 3.05) is 26.7 Å². The highest BCUT2D eigenvalue weighted by molar-refractivity contribution is 5.67. The number of hydrogen-bond acceptors (Lipinski definition) is 3. The second-order valence-electron chi connectivity index (χ2n) is 4.23. The minimum atomic E-state index is -0.723. The number of nitrogens with zero attached hydrogens (tertiary/aromatic N) is 1. The minimum Gasteiger partial charge on any atom is -0.481 e. The van der Waals surface area contributed by atoms with Crippen molar-refractivity contribution in [3.8, 4) is 0 Å². The van der Waals surface area contributed by atoms with Gasteiger partial charge in [0.05, 0.1) is 0 Å². The predicted octanol–water partition coefficient (Wildman–Crippen LogP) is 0.378. The van der Waals surface area contributed by atoms with Gasteiger partial charge in [0, 0.05) is 6.42 Å². The van der Waals surface area contributed by atoms with Crippen LogP contribution in [-0.2, 0) is 4.79 Å². The maximum Gasteiger partial charge on any atom is 0.303 e. The zero-order valence-corrected chi connectivity index (χ0v) is 8.78. The van der Waals surface area contributed by atoms with Crippen LogP contribution in [0.3, 0.4) is 0 Å². The smallest absolute Gasteiger partial charge is 0.303 e. The zero-order valence-electron chi connectivity index (χ0n) is 8.78. The molecule has 0 aromatic carbocycles. The van der Waals surface area contributed by atoms with Crippen molar-refractivity contribution >= 4 is 5.97 Å². The molecule has 0 aromatic heterocycles. The van der Waals surface area contributed by atoms with Crippen molar-refractivity contribution in [2.24, 2.45) is 17.6 Å². The average Bonchev–Trinajstić information content (AvgIpc) is 2.15. The van der Waals surface area contributed by atoms with Crippen molar-refractivity contribution in [3.63, 3.8) is 0 Å². The molecule has 3 N–H and O–H groups in total. The summed E-state index contributed by atoms with van der Waals surface area (Å²) in [6, 6.07) is 0. The molecule has 1 fully saturated rings. The Labute approximate surface area is 85.1 Å².